The molecule has 1 aromatic carbocycles. The molecule has 1 atom stereocenters. The van der Waals surface area contributed by atoms with Crippen molar-refractivity contribution in [2.45, 2.75) is 39.3 Å². The normalized spacial score (nSPS) is 18.4. The largest absolute Gasteiger partial charge is 0.497 e. The van der Waals surface area contributed by atoms with Crippen LogP contribution in [0.15, 0.2) is 18.2 Å². The predicted molar refractivity (Wildman–Crippen MR) is 79.6 cm³/mol. The highest BCUT2D eigenvalue weighted by atomic mass is 16.5. The van der Waals surface area contributed by atoms with Crippen molar-refractivity contribution in [1.29, 1.82) is 0 Å². The first-order chi connectivity index (χ1) is 9.30. The number of benzene rings is 1. The molecule has 1 aliphatic heterocycles. The van der Waals surface area contributed by atoms with Crippen LogP contribution in [0.2, 0.25) is 0 Å². The Labute approximate surface area is 116 Å². The summed E-state index contributed by atoms with van der Waals surface area (Å²) in [5, 5.41) is 3.54. The molecule has 1 N–H and O–H groups in total. The van der Waals surface area contributed by atoms with Crippen LogP contribution in [0.1, 0.15) is 43.9 Å². The topological polar surface area (TPSA) is 24.5 Å². The summed E-state index contributed by atoms with van der Waals surface area (Å²) in [6.45, 7) is 8.87. The van der Waals surface area contributed by atoms with Gasteiger partial charge < -0.3 is 10.1 Å². The first-order valence-corrected chi connectivity index (χ1v) is 7.41. The van der Waals surface area contributed by atoms with Gasteiger partial charge in [0.1, 0.15) is 5.75 Å². The number of nitrogens with one attached hydrogen (secondary N) is 1. The van der Waals surface area contributed by atoms with Gasteiger partial charge >= 0.3 is 0 Å². The van der Waals surface area contributed by atoms with Crippen LogP contribution in [0.25, 0.3) is 0 Å². The Kier molecular flexibility index (Phi) is 5.23. The van der Waals surface area contributed by atoms with Gasteiger partial charge in [-0.25, -0.2) is 0 Å². The van der Waals surface area contributed by atoms with E-state index in [1.807, 2.05) is 0 Å². The zero-order valence-electron chi connectivity index (χ0n) is 12.4. The van der Waals surface area contributed by atoms with Gasteiger partial charge in [0.05, 0.1) is 7.11 Å². The summed E-state index contributed by atoms with van der Waals surface area (Å²) >= 11 is 0. The van der Waals surface area contributed by atoms with E-state index in [0.717, 1.165) is 18.8 Å². The highest BCUT2D eigenvalue weighted by Crippen LogP contribution is 2.30. The van der Waals surface area contributed by atoms with Gasteiger partial charge in [0.15, 0.2) is 0 Å². The number of hydrogen-bond donors (Lipinski definition) is 1. The lowest BCUT2D eigenvalue weighted by Crippen LogP contribution is -2.40. The number of rotatable bonds is 6. The van der Waals surface area contributed by atoms with Gasteiger partial charge in [0, 0.05) is 19.1 Å². The summed E-state index contributed by atoms with van der Waals surface area (Å²) in [7, 11) is 1.73. The van der Waals surface area contributed by atoms with E-state index >= 15 is 0 Å². The zero-order chi connectivity index (χ0) is 13.7. The molecule has 1 heterocycles. The lowest BCUT2D eigenvalue weighted by molar-refractivity contribution is 0.185. The van der Waals surface area contributed by atoms with E-state index in [-0.39, 0.29) is 0 Å². The Bertz CT molecular complexity index is 400. The first kappa shape index (κ1) is 14.4. The smallest absolute Gasteiger partial charge is 0.119 e. The van der Waals surface area contributed by atoms with Crippen molar-refractivity contribution >= 4 is 0 Å². The monoisotopic (exact) mass is 262 g/mol. The average molecular weight is 262 g/mol. The molecule has 0 saturated heterocycles. The summed E-state index contributed by atoms with van der Waals surface area (Å²) in [4.78, 5) is 2.61. The molecule has 0 aliphatic carbocycles. The zero-order valence-corrected chi connectivity index (χ0v) is 12.4. The molecule has 0 saturated carbocycles. The summed E-state index contributed by atoms with van der Waals surface area (Å²) in [6.07, 6.45) is 2.42. The maximum absolute atomic E-state index is 5.33. The lowest BCUT2D eigenvalue weighted by Gasteiger charge is -2.36. The molecule has 2 rings (SSSR count). The molecule has 1 aliphatic rings. The molecule has 3 heteroatoms. The van der Waals surface area contributed by atoms with Gasteiger partial charge in [0.25, 0.3) is 0 Å². The lowest BCUT2D eigenvalue weighted by atomic mass is 9.95. The van der Waals surface area contributed by atoms with Crippen LogP contribution in [0.5, 0.6) is 5.75 Å². The van der Waals surface area contributed by atoms with Crippen LogP contribution in [-0.4, -0.2) is 31.6 Å². The van der Waals surface area contributed by atoms with E-state index in [1.165, 1.54) is 37.1 Å². The van der Waals surface area contributed by atoms with Gasteiger partial charge in [-0.1, -0.05) is 19.9 Å². The summed E-state index contributed by atoms with van der Waals surface area (Å²) in [5.41, 5.74) is 2.86. The minimum atomic E-state index is 0.509. The molecule has 0 spiro atoms. The standard InChI is InChI=1S/C16H26N2O/c1-4-8-18(9-5-2)16-12-17-11-13-10-14(19-3)6-7-15(13)16/h6-7,10,16-17H,4-5,8-9,11-12H2,1-3H3/t16-/m0/s1. The maximum atomic E-state index is 5.33. The van der Waals surface area contributed by atoms with Crippen LogP contribution in [0.3, 0.4) is 0 Å². The van der Waals surface area contributed by atoms with Crippen molar-refractivity contribution in [2.24, 2.45) is 0 Å². The van der Waals surface area contributed by atoms with E-state index < -0.39 is 0 Å². The van der Waals surface area contributed by atoms with E-state index in [2.05, 4.69) is 42.3 Å². The Morgan fingerprint density at radius 2 is 2.00 bits per heavy atom. The molecule has 0 radical (unpaired) electrons. The SMILES string of the molecule is CCCN(CCC)[C@H]1CNCc2cc(OC)ccc21. The van der Waals surface area contributed by atoms with Gasteiger partial charge in [-0.15, -0.1) is 0 Å². The Hall–Kier alpha value is -1.06. The second kappa shape index (κ2) is 6.92. The molecule has 1 aromatic rings. The molecular weight excluding hydrogens is 236 g/mol. The molecule has 0 unspecified atom stereocenters. The number of nitrogens with zero attached hydrogens (tertiary/aromatic N) is 1. The summed E-state index contributed by atoms with van der Waals surface area (Å²) in [6, 6.07) is 7.02. The first-order valence-electron chi connectivity index (χ1n) is 7.41. The van der Waals surface area contributed by atoms with Crippen molar-refractivity contribution < 1.29 is 4.74 Å². The molecule has 0 aromatic heterocycles. The van der Waals surface area contributed by atoms with E-state index in [9.17, 15) is 0 Å². The van der Waals surface area contributed by atoms with Crippen molar-refractivity contribution in [3.63, 3.8) is 0 Å². The Balaban J connectivity index is 2.24. The Morgan fingerprint density at radius 1 is 1.26 bits per heavy atom. The van der Waals surface area contributed by atoms with Crippen molar-refractivity contribution in [3.05, 3.63) is 29.3 Å². The van der Waals surface area contributed by atoms with Gasteiger partial charge in [-0.05, 0) is 49.2 Å². The fourth-order valence-electron chi connectivity index (χ4n) is 2.96. The van der Waals surface area contributed by atoms with Gasteiger partial charge in [-0.2, -0.15) is 0 Å². The van der Waals surface area contributed by atoms with E-state index in [1.54, 1.807) is 7.11 Å². The van der Waals surface area contributed by atoms with Gasteiger partial charge in [-0.3, -0.25) is 4.90 Å². The molecule has 0 fully saturated rings. The fourth-order valence-corrected chi connectivity index (χ4v) is 2.96. The van der Waals surface area contributed by atoms with Crippen LogP contribution in [-0.2, 0) is 6.54 Å². The number of ether oxygens (including phenoxy) is 1. The third-order valence-electron chi connectivity index (χ3n) is 3.82. The second-order valence-electron chi connectivity index (χ2n) is 5.25. The van der Waals surface area contributed by atoms with Crippen LogP contribution < -0.4 is 10.1 Å². The number of fused-ring (bicyclic) bond motifs is 1. The summed E-state index contributed by atoms with van der Waals surface area (Å²) < 4.78 is 5.33. The molecular formula is C16H26N2O. The number of methoxy groups -OCH3 is 1. The van der Waals surface area contributed by atoms with Crippen LogP contribution in [0, 0.1) is 0 Å². The van der Waals surface area contributed by atoms with Crippen molar-refractivity contribution in [3.8, 4) is 5.75 Å². The minimum absolute atomic E-state index is 0.509. The highest BCUT2D eigenvalue weighted by molar-refractivity contribution is 5.39. The molecule has 19 heavy (non-hydrogen) atoms. The van der Waals surface area contributed by atoms with Crippen molar-refractivity contribution in [2.75, 3.05) is 26.7 Å². The van der Waals surface area contributed by atoms with Crippen molar-refractivity contribution in [1.82, 2.24) is 10.2 Å². The average Bonchev–Trinajstić information content (AvgIpc) is 2.46. The quantitative estimate of drug-likeness (QED) is 0.853. The highest BCUT2D eigenvalue weighted by Gasteiger charge is 2.25. The molecule has 0 amide bonds. The second-order valence-corrected chi connectivity index (χ2v) is 5.25. The fraction of sp³-hybridized carbons (Fsp3) is 0.625. The third kappa shape index (κ3) is 3.28. The minimum Gasteiger partial charge on any atom is -0.497 e. The predicted octanol–water partition coefficient (Wildman–Crippen LogP) is 2.96. The molecule has 3 nitrogen and oxygen atoms in total. The maximum Gasteiger partial charge on any atom is 0.119 e. The van der Waals surface area contributed by atoms with Gasteiger partial charge in [0.2, 0.25) is 0 Å². The molecule has 0 bridgehead atoms. The van der Waals surface area contributed by atoms with Crippen LogP contribution in [0.4, 0.5) is 0 Å². The van der Waals surface area contributed by atoms with E-state index in [0.29, 0.717) is 6.04 Å². The molecule has 106 valence electrons. The Morgan fingerprint density at radius 3 is 2.63 bits per heavy atom. The third-order valence-corrected chi connectivity index (χ3v) is 3.82. The van der Waals surface area contributed by atoms with E-state index in [4.69, 9.17) is 4.74 Å². The summed E-state index contributed by atoms with van der Waals surface area (Å²) in [5.74, 6) is 0.957. The van der Waals surface area contributed by atoms with Crippen LogP contribution >= 0.6 is 0 Å². The number of hydrogen-bond acceptors (Lipinski definition) is 3.